The number of nitrogens with zero attached hydrogens (tertiary/aromatic N) is 4. The lowest BCUT2D eigenvalue weighted by atomic mass is 10.0. The number of nitrogen functional groups attached to an aromatic ring is 1. The Kier molecular flexibility index (Phi) is 5.89. The number of carbonyl (C=O) groups is 3. The predicted octanol–water partition coefficient (Wildman–Crippen LogP) is 3.43. The summed E-state index contributed by atoms with van der Waals surface area (Å²) in [6.07, 6.45) is 1.59. The van der Waals surface area contributed by atoms with E-state index in [1.165, 1.54) is 9.80 Å². The zero-order chi connectivity index (χ0) is 26.5. The summed E-state index contributed by atoms with van der Waals surface area (Å²) in [5.74, 6) is -3.59. The van der Waals surface area contributed by atoms with Crippen LogP contribution in [0.25, 0.3) is 11.1 Å². The lowest BCUT2D eigenvalue weighted by molar-refractivity contribution is -0.122. The highest BCUT2D eigenvalue weighted by molar-refractivity contribution is 6.11. The maximum atomic E-state index is 13.7. The molecule has 0 spiro atoms. The van der Waals surface area contributed by atoms with Gasteiger partial charge in [0.05, 0.1) is 24.3 Å². The second-order valence-electron chi connectivity index (χ2n) is 9.43. The van der Waals surface area contributed by atoms with Crippen LogP contribution in [0.5, 0.6) is 0 Å². The third kappa shape index (κ3) is 4.50. The third-order valence-electron chi connectivity index (χ3n) is 6.78. The molecule has 0 bridgehead atoms. The van der Waals surface area contributed by atoms with E-state index in [1.54, 1.807) is 74.8 Å². The SMILES string of the molecule is C[C@@H]1C(=O)N(C)c2cc(-c3ccnc(N)c3)ccc2C(=O)N1Cc1cccc(C(=O)N2CC(F)(F)C2)c1. The van der Waals surface area contributed by atoms with Crippen LogP contribution in [0.3, 0.4) is 0 Å². The van der Waals surface area contributed by atoms with Crippen molar-refractivity contribution in [1.82, 2.24) is 14.8 Å². The molecule has 0 saturated carbocycles. The van der Waals surface area contributed by atoms with E-state index in [2.05, 4.69) is 4.98 Å². The molecule has 1 saturated heterocycles. The Balaban J connectivity index is 1.44. The summed E-state index contributed by atoms with van der Waals surface area (Å²) >= 11 is 0. The summed E-state index contributed by atoms with van der Waals surface area (Å²) in [6.45, 7) is 0.510. The Hall–Kier alpha value is -4.34. The Morgan fingerprint density at radius 3 is 2.51 bits per heavy atom. The molecule has 1 fully saturated rings. The maximum absolute atomic E-state index is 13.7. The van der Waals surface area contributed by atoms with Gasteiger partial charge in [-0.1, -0.05) is 18.2 Å². The minimum Gasteiger partial charge on any atom is -0.384 e. The van der Waals surface area contributed by atoms with E-state index < -0.39 is 31.0 Å². The molecule has 3 amide bonds. The van der Waals surface area contributed by atoms with Crippen molar-refractivity contribution >= 4 is 29.2 Å². The van der Waals surface area contributed by atoms with E-state index in [0.29, 0.717) is 22.6 Å². The van der Waals surface area contributed by atoms with Crippen LogP contribution in [-0.2, 0) is 11.3 Å². The van der Waals surface area contributed by atoms with Crippen LogP contribution >= 0.6 is 0 Å². The first-order valence-electron chi connectivity index (χ1n) is 11.7. The number of likely N-dealkylation sites (N-methyl/N-ethyl adjacent to an activating group) is 1. The number of nitrogens with two attached hydrogens (primary N) is 1. The molecule has 3 aromatic rings. The summed E-state index contributed by atoms with van der Waals surface area (Å²) in [6, 6.07) is 14.5. The highest BCUT2D eigenvalue weighted by Crippen LogP contribution is 2.33. The summed E-state index contributed by atoms with van der Waals surface area (Å²) in [4.78, 5) is 47.6. The highest BCUT2D eigenvalue weighted by atomic mass is 19.3. The standard InChI is InChI=1S/C27H25F2N5O3/c1-16-24(35)32(2)22-11-18(19-8-9-31-23(30)12-19)6-7-21(22)26(37)34(16)13-17-4-3-5-20(10-17)25(36)33-14-27(28,29)15-33/h3-12,16H,13-15H2,1-2H3,(H2,30,31)/t16-/m1/s1. The van der Waals surface area contributed by atoms with Gasteiger partial charge in [-0.05, 0) is 60.0 Å². The summed E-state index contributed by atoms with van der Waals surface area (Å²) in [7, 11) is 1.63. The molecule has 1 atom stereocenters. The van der Waals surface area contributed by atoms with Crippen LogP contribution in [0.4, 0.5) is 20.3 Å². The van der Waals surface area contributed by atoms with Gasteiger partial charge in [0, 0.05) is 25.4 Å². The number of benzene rings is 2. The van der Waals surface area contributed by atoms with Gasteiger partial charge in [0.1, 0.15) is 11.9 Å². The molecule has 2 aliphatic heterocycles. The zero-order valence-electron chi connectivity index (χ0n) is 20.3. The Labute approximate surface area is 212 Å². The third-order valence-corrected chi connectivity index (χ3v) is 6.78. The lowest BCUT2D eigenvalue weighted by Crippen LogP contribution is -2.58. The normalized spacial score (nSPS) is 18.8. The molecule has 0 aliphatic carbocycles. The molecular formula is C27H25F2N5O3. The van der Waals surface area contributed by atoms with Crippen molar-refractivity contribution in [1.29, 1.82) is 0 Å². The number of rotatable bonds is 4. The molecule has 0 radical (unpaired) electrons. The van der Waals surface area contributed by atoms with E-state index in [-0.39, 0.29) is 23.9 Å². The van der Waals surface area contributed by atoms with Crippen molar-refractivity contribution in [2.24, 2.45) is 0 Å². The average Bonchev–Trinajstić information content (AvgIpc) is 2.93. The van der Waals surface area contributed by atoms with E-state index in [4.69, 9.17) is 5.73 Å². The van der Waals surface area contributed by atoms with Crippen molar-refractivity contribution < 1.29 is 23.2 Å². The molecule has 0 unspecified atom stereocenters. The van der Waals surface area contributed by atoms with E-state index in [0.717, 1.165) is 16.0 Å². The predicted molar refractivity (Wildman–Crippen MR) is 134 cm³/mol. The van der Waals surface area contributed by atoms with E-state index in [1.807, 2.05) is 0 Å². The molecule has 1 aromatic heterocycles. The summed E-state index contributed by atoms with van der Waals surface area (Å²) in [5, 5.41) is 0. The van der Waals surface area contributed by atoms with Gasteiger partial charge < -0.3 is 20.4 Å². The van der Waals surface area contributed by atoms with Crippen LogP contribution in [0, 0.1) is 0 Å². The van der Waals surface area contributed by atoms with Gasteiger partial charge in [-0.15, -0.1) is 0 Å². The molecule has 5 rings (SSSR count). The number of hydrogen-bond donors (Lipinski definition) is 1. The van der Waals surface area contributed by atoms with E-state index >= 15 is 0 Å². The van der Waals surface area contributed by atoms with Gasteiger partial charge in [-0.3, -0.25) is 14.4 Å². The van der Waals surface area contributed by atoms with Crippen molar-refractivity contribution in [3.8, 4) is 11.1 Å². The lowest BCUT2D eigenvalue weighted by Gasteiger charge is -2.38. The van der Waals surface area contributed by atoms with Crippen LogP contribution in [0.2, 0.25) is 0 Å². The van der Waals surface area contributed by atoms with Gasteiger partial charge in [0.25, 0.3) is 17.7 Å². The monoisotopic (exact) mass is 505 g/mol. The number of likely N-dealkylation sites (tertiary alicyclic amines) is 1. The topological polar surface area (TPSA) is 99.8 Å². The Morgan fingerprint density at radius 1 is 1.08 bits per heavy atom. The van der Waals surface area contributed by atoms with Crippen LogP contribution in [0.1, 0.15) is 33.2 Å². The van der Waals surface area contributed by atoms with Crippen molar-refractivity contribution in [2.75, 3.05) is 30.8 Å². The van der Waals surface area contributed by atoms with Gasteiger partial charge in [-0.2, -0.15) is 0 Å². The molecule has 190 valence electrons. The number of pyridine rings is 1. The molecule has 2 N–H and O–H groups in total. The van der Waals surface area contributed by atoms with E-state index in [9.17, 15) is 23.2 Å². The largest absolute Gasteiger partial charge is 0.384 e. The first-order chi connectivity index (χ1) is 17.5. The minimum absolute atomic E-state index is 0.0684. The van der Waals surface area contributed by atoms with Crippen molar-refractivity contribution in [3.63, 3.8) is 0 Å². The molecule has 3 heterocycles. The van der Waals surface area contributed by atoms with Gasteiger partial charge >= 0.3 is 0 Å². The van der Waals surface area contributed by atoms with Gasteiger partial charge in [-0.25, -0.2) is 13.8 Å². The fourth-order valence-corrected chi connectivity index (χ4v) is 4.71. The summed E-state index contributed by atoms with van der Waals surface area (Å²) < 4.78 is 26.4. The van der Waals surface area contributed by atoms with Gasteiger partial charge in [0.2, 0.25) is 5.91 Å². The van der Waals surface area contributed by atoms with Gasteiger partial charge in [0.15, 0.2) is 0 Å². The maximum Gasteiger partial charge on any atom is 0.282 e. The fourth-order valence-electron chi connectivity index (χ4n) is 4.71. The molecule has 2 aliphatic rings. The number of carbonyl (C=O) groups excluding carboxylic acids is 3. The molecule has 37 heavy (non-hydrogen) atoms. The summed E-state index contributed by atoms with van der Waals surface area (Å²) in [5.41, 5.74) is 9.11. The zero-order valence-corrected chi connectivity index (χ0v) is 20.3. The Morgan fingerprint density at radius 2 is 1.81 bits per heavy atom. The number of aromatic nitrogens is 1. The Bertz CT molecular complexity index is 1420. The second kappa shape index (κ2) is 8.95. The fraction of sp³-hybridized carbons (Fsp3) is 0.259. The highest BCUT2D eigenvalue weighted by Gasteiger charge is 2.46. The second-order valence-corrected chi connectivity index (χ2v) is 9.43. The first-order valence-corrected chi connectivity index (χ1v) is 11.7. The molecule has 2 aromatic carbocycles. The number of anilines is 2. The quantitative estimate of drug-likeness (QED) is 0.586. The van der Waals surface area contributed by atoms with Crippen molar-refractivity contribution in [2.45, 2.75) is 25.4 Å². The smallest absolute Gasteiger partial charge is 0.282 e. The number of alkyl halides is 2. The number of hydrogen-bond acceptors (Lipinski definition) is 5. The molecule has 10 heteroatoms. The first kappa shape index (κ1) is 24.4. The average molecular weight is 506 g/mol. The van der Waals surface area contributed by atoms with Crippen LogP contribution in [0.15, 0.2) is 60.8 Å². The minimum atomic E-state index is -2.86. The number of amides is 3. The number of halogens is 2. The molecular weight excluding hydrogens is 480 g/mol. The van der Waals surface area contributed by atoms with Crippen molar-refractivity contribution in [3.05, 3.63) is 77.5 Å². The number of fused-ring (bicyclic) bond motifs is 1. The van der Waals surface area contributed by atoms with Crippen LogP contribution < -0.4 is 10.6 Å². The van der Waals surface area contributed by atoms with Crippen LogP contribution in [-0.4, -0.2) is 64.6 Å². The molecule has 8 nitrogen and oxygen atoms in total.